The quantitative estimate of drug-likeness (QED) is 0.439. The second-order valence-electron chi connectivity index (χ2n) is 9.40. The van der Waals surface area contributed by atoms with E-state index in [9.17, 15) is 22.9 Å². The van der Waals surface area contributed by atoms with Crippen LogP contribution in [0.25, 0.3) is 5.57 Å². The van der Waals surface area contributed by atoms with Gasteiger partial charge in [-0.2, -0.15) is 0 Å². The summed E-state index contributed by atoms with van der Waals surface area (Å²) in [6.07, 6.45) is 3.61. The Bertz CT molecular complexity index is 1210. The molecule has 0 bridgehead atoms. The number of nitro benzene ring substituents is 1. The van der Waals surface area contributed by atoms with Gasteiger partial charge in [-0.1, -0.05) is 42.5 Å². The average molecular weight is 504 g/mol. The van der Waals surface area contributed by atoms with Gasteiger partial charge in [0.2, 0.25) is 10.0 Å². The normalized spacial score (nSPS) is 21.8. The van der Waals surface area contributed by atoms with E-state index in [2.05, 4.69) is 4.90 Å². The van der Waals surface area contributed by atoms with Crippen molar-refractivity contribution in [3.05, 3.63) is 81.7 Å². The first-order valence-corrected chi connectivity index (χ1v) is 13.4. The van der Waals surface area contributed by atoms with Crippen LogP contribution in [0.4, 0.5) is 10.1 Å². The van der Waals surface area contributed by atoms with Crippen LogP contribution in [-0.2, 0) is 21.3 Å². The van der Waals surface area contributed by atoms with Gasteiger partial charge in [0.1, 0.15) is 5.82 Å². The number of piperidine rings is 1. The highest BCUT2D eigenvalue weighted by Crippen LogP contribution is 2.36. The Labute approximate surface area is 205 Å². The van der Waals surface area contributed by atoms with Crippen molar-refractivity contribution in [3.63, 3.8) is 0 Å². The molecule has 0 saturated carbocycles. The molecule has 35 heavy (non-hydrogen) atoms. The number of halogens is 1. The van der Waals surface area contributed by atoms with Crippen molar-refractivity contribution >= 4 is 21.3 Å². The van der Waals surface area contributed by atoms with Crippen molar-refractivity contribution in [2.75, 3.05) is 32.4 Å². The fourth-order valence-corrected chi connectivity index (χ4v) is 5.94. The molecular weight excluding hydrogens is 473 g/mol. The van der Waals surface area contributed by atoms with Crippen LogP contribution in [0.15, 0.2) is 54.6 Å². The highest BCUT2D eigenvalue weighted by molar-refractivity contribution is 7.88. The lowest BCUT2D eigenvalue weighted by molar-refractivity contribution is -0.385. The number of ether oxygens (including phenoxy) is 1. The van der Waals surface area contributed by atoms with Gasteiger partial charge in [-0.15, -0.1) is 0 Å². The minimum Gasteiger partial charge on any atom is -0.365 e. The SMILES string of the molecule is C/C(=C\[C@@H]1CN(Cc2ccccc2)CC2(CCN(S(C)(=O)=O)CC2)O1)c1c(F)cccc1[N+](=O)[O-]. The lowest BCUT2D eigenvalue weighted by Crippen LogP contribution is -2.59. The first kappa shape index (κ1) is 25.4. The van der Waals surface area contributed by atoms with Crippen molar-refractivity contribution in [2.45, 2.75) is 38.0 Å². The summed E-state index contributed by atoms with van der Waals surface area (Å²) in [6, 6.07) is 13.9. The summed E-state index contributed by atoms with van der Waals surface area (Å²) in [4.78, 5) is 13.2. The summed E-state index contributed by atoms with van der Waals surface area (Å²) in [5, 5.41) is 11.5. The van der Waals surface area contributed by atoms with Crippen LogP contribution in [0.2, 0.25) is 0 Å². The van der Waals surface area contributed by atoms with E-state index in [1.165, 1.54) is 28.8 Å². The van der Waals surface area contributed by atoms with Crippen LogP contribution in [0.3, 0.4) is 0 Å². The molecule has 0 aromatic heterocycles. The third-order valence-corrected chi connectivity index (χ3v) is 8.02. The molecule has 4 rings (SSSR count). The summed E-state index contributed by atoms with van der Waals surface area (Å²) in [6.45, 7) is 4.25. The zero-order chi connectivity index (χ0) is 25.2. The fraction of sp³-hybridized carbons (Fsp3) is 0.440. The molecule has 1 spiro atoms. The number of hydrogen-bond donors (Lipinski definition) is 0. The molecule has 188 valence electrons. The maximum Gasteiger partial charge on any atom is 0.279 e. The molecule has 0 N–H and O–H groups in total. The second-order valence-corrected chi connectivity index (χ2v) is 11.4. The highest BCUT2D eigenvalue weighted by atomic mass is 32.2. The summed E-state index contributed by atoms with van der Waals surface area (Å²) in [5.74, 6) is -0.652. The van der Waals surface area contributed by atoms with Gasteiger partial charge in [0.25, 0.3) is 5.69 Å². The molecule has 2 aliphatic rings. The van der Waals surface area contributed by atoms with Crippen LogP contribution in [-0.4, -0.2) is 66.7 Å². The molecule has 2 aromatic rings. The molecule has 0 aliphatic carbocycles. The topological polar surface area (TPSA) is 93.0 Å². The minimum atomic E-state index is -3.28. The van der Waals surface area contributed by atoms with E-state index >= 15 is 0 Å². The molecule has 2 aliphatic heterocycles. The highest BCUT2D eigenvalue weighted by Gasteiger charge is 2.44. The van der Waals surface area contributed by atoms with E-state index in [1.807, 2.05) is 30.3 Å². The van der Waals surface area contributed by atoms with E-state index in [1.54, 1.807) is 13.0 Å². The van der Waals surface area contributed by atoms with Crippen LogP contribution >= 0.6 is 0 Å². The predicted molar refractivity (Wildman–Crippen MR) is 132 cm³/mol. The third kappa shape index (κ3) is 5.95. The molecule has 2 saturated heterocycles. The Kier molecular flexibility index (Phi) is 7.37. The van der Waals surface area contributed by atoms with Gasteiger partial charge in [0.05, 0.1) is 28.4 Å². The van der Waals surface area contributed by atoms with E-state index in [4.69, 9.17) is 4.74 Å². The van der Waals surface area contributed by atoms with Gasteiger partial charge in [-0.25, -0.2) is 17.1 Å². The molecule has 8 nitrogen and oxygen atoms in total. The molecule has 1 atom stereocenters. The smallest absolute Gasteiger partial charge is 0.279 e. The van der Waals surface area contributed by atoms with Crippen molar-refractivity contribution in [1.82, 2.24) is 9.21 Å². The van der Waals surface area contributed by atoms with Gasteiger partial charge in [0, 0.05) is 38.8 Å². The summed E-state index contributed by atoms with van der Waals surface area (Å²) < 4.78 is 46.7. The number of morpholine rings is 1. The van der Waals surface area contributed by atoms with E-state index in [0.717, 1.165) is 5.56 Å². The van der Waals surface area contributed by atoms with E-state index in [0.29, 0.717) is 51.1 Å². The van der Waals surface area contributed by atoms with Crippen molar-refractivity contribution in [3.8, 4) is 0 Å². The average Bonchev–Trinajstić information content (AvgIpc) is 2.78. The van der Waals surface area contributed by atoms with Gasteiger partial charge >= 0.3 is 0 Å². The fourth-order valence-electron chi connectivity index (χ4n) is 5.09. The molecule has 2 heterocycles. The molecule has 10 heteroatoms. The Hall–Kier alpha value is -2.66. The molecule has 0 radical (unpaired) electrons. The maximum atomic E-state index is 14.6. The van der Waals surface area contributed by atoms with Crippen molar-refractivity contribution in [2.24, 2.45) is 0 Å². The Morgan fingerprint density at radius 3 is 2.51 bits per heavy atom. The minimum absolute atomic E-state index is 0.0396. The monoisotopic (exact) mass is 503 g/mol. The largest absolute Gasteiger partial charge is 0.365 e. The Morgan fingerprint density at radius 1 is 1.20 bits per heavy atom. The standard InChI is InChI=1S/C25H30FN3O5S/c1-19(24-22(26)9-6-10-23(24)29(30)31)15-21-17-27(16-20-7-4-3-5-8-20)18-25(34-21)11-13-28(14-12-25)35(2,32)33/h3-10,15,21H,11-14,16-18H2,1-2H3/b19-15+/t21-/m1/s1. The number of hydrogen-bond acceptors (Lipinski definition) is 6. The Balaban J connectivity index is 1.63. The molecular formula is C25H30FN3O5S. The molecule has 2 aromatic carbocycles. The summed E-state index contributed by atoms with van der Waals surface area (Å²) >= 11 is 0. The van der Waals surface area contributed by atoms with Gasteiger partial charge in [-0.05, 0) is 37.0 Å². The molecule has 0 unspecified atom stereocenters. The predicted octanol–water partition coefficient (Wildman–Crippen LogP) is 3.83. The maximum absolute atomic E-state index is 14.6. The number of sulfonamides is 1. The zero-order valence-corrected chi connectivity index (χ0v) is 20.7. The number of nitro groups is 1. The number of allylic oxidation sites excluding steroid dienone is 1. The number of benzene rings is 2. The molecule has 0 amide bonds. The first-order valence-electron chi connectivity index (χ1n) is 11.6. The van der Waals surface area contributed by atoms with Crippen LogP contribution in [0.1, 0.15) is 30.9 Å². The van der Waals surface area contributed by atoms with Gasteiger partial charge in [0.15, 0.2) is 0 Å². The third-order valence-electron chi connectivity index (χ3n) is 6.72. The van der Waals surface area contributed by atoms with Gasteiger partial charge < -0.3 is 4.74 Å². The van der Waals surface area contributed by atoms with Crippen LogP contribution < -0.4 is 0 Å². The lowest BCUT2D eigenvalue weighted by Gasteiger charge is -2.49. The van der Waals surface area contributed by atoms with E-state index in [-0.39, 0.29) is 11.3 Å². The Morgan fingerprint density at radius 2 is 1.89 bits per heavy atom. The van der Waals surface area contributed by atoms with Crippen molar-refractivity contribution in [1.29, 1.82) is 0 Å². The summed E-state index contributed by atoms with van der Waals surface area (Å²) in [7, 11) is -3.28. The van der Waals surface area contributed by atoms with Crippen molar-refractivity contribution < 1.29 is 22.5 Å². The molecule has 2 fully saturated rings. The number of rotatable bonds is 6. The zero-order valence-electron chi connectivity index (χ0n) is 19.9. The first-order chi connectivity index (χ1) is 16.6. The lowest BCUT2D eigenvalue weighted by atomic mass is 9.88. The van der Waals surface area contributed by atoms with Gasteiger partial charge in [-0.3, -0.25) is 15.0 Å². The van der Waals surface area contributed by atoms with Crippen LogP contribution in [0.5, 0.6) is 0 Å². The van der Waals surface area contributed by atoms with E-state index < -0.39 is 32.5 Å². The second kappa shape index (κ2) is 10.1. The number of nitrogens with zero attached hydrogens (tertiary/aromatic N) is 3. The summed E-state index contributed by atoms with van der Waals surface area (Å²) in [5.41, 5.74) is 0.693. The van der Waals surface area contributed by atoms with Crippen LogP contribution in [0, 0.1) is 15.9 Å².